The summed E-state index contributed by atoms with van der Waals surface area (Å²) in [5, 5.41) is 3.31. The Balaban J connectivity index is 2.32. The standard InChI is InChI=1S/C12H26N2O2S/c1-4-17(15,16)10-9-14(3)12-7-5-11(13-2)6-8-12/h11-13H,4-10H2,1-3H3. The predicted molar refractivity (Wildman–Crippen MR) is 72.1 cm³/mol. The molecule has 0 saturated heterocycles. The fourth-order valence-corrected chi connectivity index (χ4v) is 3.27. The minimum Gasteiger partial charge on any atom is -0.317 e. The van der Waals surface area contributed by atoms with Crippen molar-refractivity contribution in [2.24, 2.45) is 0 Å². The van der Waals surface area contributed by atoms with E-state index in [2.05, 4.69) is 17.3 Å². The van der Waals surface area contributed by atoms with Gasteiger partial charge in [-0.2, -0.15) is 0 Å². The molecule has 0 atom stereocenters. The first-order valence-electron chi connectivity index (χ1n) is 6.56. The van der Waals surface area contributed by atoms with Gasteiger partial charge in [-0.1, -0.05) is 6.92 Å². The van der Waals surface area contributed by atoms with Gasteiger partial charge in [0.05, 0.1) is 5.75 Å². The molecule has 4 nitrogen and oxygen atoms in total. The molecule has 0 unspecified atom stereocenters. The lowest BCUT2D eigenvalue weighted by Crippen LogP contribution is -2.41. The zero-order valence-electron chi connectivity index (χ0n) is 11.3. The van der Waals surface area contributed by atoms with Gasteiger partial charge in [0.2, 0.25) is 0 Å². The minimum atomic E-state index is -2.82. The van der Waals surface area contributed by atoms with Crippen molar-refractivity contribution in [1.82, 2.24) is 10.2 Å². The summed E-state index contributed by atoms with van der Waals surface area (Å²) in [7, 11) is 1.24. The fourth-order valence-electron chi connectivity index (χ4n) is 2.42. The van der Waals surface area contributed by atoms with Crippen molar-refractivity contribution in [3.05, 3.63) is 0 Å². The van der Waals surface area contributed by atoms with E-state index in [1.165, 1.54) is 25.7 Å². The predicted octanol–water partition coefficient (Wildman–Crippen LogP) is 0.884. The van der Waals surface area contributed by atoms with Crippen molar-refractivity contribution in [3.8, 4) is 0 Å². The van der Waals surface area contributed by atoms with Crippen molar-refractivity contribution in [2.45, 2.75) is 44.7 Å². The van der Waals surface area contributed by atoms with Crippen LogP contribution in [-0.2, 0) is 9.84 Å². The molecule has 0 aromatic heterocycles. The van der Waals surface area contributed by atoms with E-state index >= 15 is 0 Å². The third kappa shape index (κ3) is 4.94. The van der Waals surface area contributed by atoms with E-state index in [0.717, 1.165) is 0 Å². The minimum absolute atomic E-state index is 0.257. The van der Waals surface area contributed by atoms with Crippen LogP contribution in [0.1, 0.15) is 32.6 Å². The number of rotatable bonds is 6. The lowest BCUT2D eigenvalue weighted by molar-refractivity contribution is 0.184. The summed E-state index contributed by atoms with van der Waals surface area (Å²) in [6.07, 6.45) is 4.75. The molecule has 0 amide bonds. The molecule has 5 heteroatoms. The molecule has 0 heterocycles. The first-order valence-corrected chi connectivity index (χ1v) is 8.38. The first-order chi connectivity index (χ1) is 7.98. The lowest BCUT2D eigenvalue weighted by atomic mass is 9.90. The van der Waals surface area contributed by atoms with Gasteiger partial charge >= 0.3 is 0 Å². The summed E-state index contributed by atoms with van der Waals surface area (Å²) < 4.78 is 22.9. The molecule has 1 fully saturated rings. The Morgan fingerprint density at radius 2 is 1.82 bits per heavy atom. The Hall–Kier alpha value is -0.130. The zero-order chi connectivity index (χ0) is 12.9. The first kappa shape index (κ1) is 14.9. The molecule has 1 N–H and O–H groups in total. The molecule has 1 aliphatic carbocycles. The van der Waals surface area contributed by atoms with Crippen LogP contribution < -0.4 is 5.32 Å². The highest BCUT2D eigenvalue weighted by molar-refractivity contribution is 7.91. The Bertz CT molecular complexity index is 308. The average Bonchev–Trinajstić information content (AvgIpc) is 2.36. The molecule has 0 bridgehead atoms. The molecule has 102 valence electrons. The van der Waals surface area contributed by atoms with Gasteiger partial charge in [0.15, 0.2) is 9.84 Å². The Morgan fingerprint density at radius 1 is 1.24 bits per heavy atom. The number of hydrogen-bond donors (Lipinski definition) is 1. The normalized spacial score (nSPS) is 26.4. The zero-order valence-corrected chi connectivity index (χ0v) is 12.1. The number of nitrogens with one attached hydrogen (secondary N) is 1. The van der Waals surface area contributed by atoms with Gasteiger partial charge in [-0.05, 0) is 39.8 Å². The van der Waals surface area contributed by atoms with Crippen LogP contribution >= 0.6 is 0 Å². The van der Waals surface area contributed by atoms with E-state index in [-0.39, 0.29) is 5.75 Å². The summed E-state index contributed by atoms with van der Waals surface area (Å²) >= 11 is 0. The molecule has 1 aliphatic rings. The quantitative estimate of drug-likeness (QED) is 0.772. The highest BCUT2D eigenvalue weighted by Gasteiger charge is 2.23. The van der Waals surface area contributed by atoms with Crippen LogP contribution in [0.15, 0.2) is 0 Å². The highest BCUT2D eigenvalue weighted by atomic mass is 32.2. The molecule has 0 radical (unpaired) electrons. The number of hydrogen-bond acceptors (Lipinski definition) is 4. The van der Waals surface area contributed by atoms with Gasteiger partial charge in [0.1, 0.15) is 0 Å². The maximum atomic E-state index is 11.4. The molecular weight excluding hydrogens is 236 g/mol. The van der Waals surface area contributed by atoms with Crippen LogP contribution in [0.2, 0.25) is 0 Å². The highest BCUT2D eigenvalue weighted by Crippen LogP contribution is 2.22. The van der Waals surface area contributed by atoms with E-state index in [4.69, 9.17) is 0 Å². The summed E-state index contributed by atoms with van der Waals surface area (Å²) in [6.45, 7) is 2.39. The van der Waals surface area contributed by atoms with Crippen LogP contribution in [0.5, 0.6) is 0 Å². The van der Waals surface area contributed by atoms with Crippen LogP contribution in [0.3, 0.4) is 0 Å². The third-order valence-corrected chi connectivity index (χ3v) is 5.61. The molecule has 0 aromatic rings. The van der Waals surface area contributed by atoms with Crippen molar-refractivity contribution < 1.29 is 8.42 Å². The van der Waals surface area contributed by atoms with Gasteiger partial charge in [-0.15, -0.1) is 0 Å². The Morgan fingerprint density at radius 3 is 2.29 bits per heavy atom. The smallest absolute Gasteiger partial charge is 0.151 e. The van der Waals surface area contributed by atoms with E-state index in [0.29, 0.717) is 24.4 Å². The van der Waals surface area contributed by atoms with Gasteiger partial charge in [-0.3, -0.25) is 0 Å². The van der Waals surface area contributed by atoms with Crippen molar-refractivity contribution in [3.63, 3.8) is 0 Å². The molecule has 1 rings (SSSR count). The monoisotopic (exact) mass is 262 g/mol. The summed E-state index contributed by atoms with van der Waals surface area (Å²) in [6, 6.07) is 1.21. The topological polar surface area (TPSA) is 49.4 Å². The van der Waals surface area contributed by atoms with Crippen molar-refractivity contribution in [1.29, 1.82) is 0 Å². The molecule has 0 aromatic carbocycles. The molecule has 1 saturated carbocycles. The second-order valence-corrected chi connectivity index (χ2v) is 7.48. The lowest BCUT2D eigenvalue weighted by Gasteiger charge is -2.34. The molecule has 0 aliphatic heterocycles. The third-order valence-electron chi connectivity index (χ3n) is 3.92. The average molecular weight is 262 g/mol. The van der Waals surface area contributed by atoms with Gasteiger partial charge in [0.25, 0.3) is 0 Å². The van der Waals surface area contributed by atoms with Gasteiger partial charge in [-0.25, -0.2) is 8.42 Å². The van der Waals surface area contributed by atoms with E-state index < -0.39 is 9.84 Å². The van der Waals surface area contributed by atoms with Crippen LogP contribution in [0, 0.1) is 0 Å². The number of sulfone groups is 1. The fraction of sp³-hybridized carbons (Fsp3) is 1.00. The second-order valence-electron chi connectivity index (χ2n) is 5.01. The maximum absolute atomic E-state index is 11.4. The van der Waals surface area contributed by atoms with Crippen molar-refractivity contribution in [2.75, 3.05) is 32.1 Å². The number of nitrogens with zero attached hydrogens (tertiary/aromatic N) is 1. The van der Waals surface area contributed by atoms with Crippen LogP contribution in [0.4, 0.5) is 0 Å². The largest absolute Gasteiger partial charge is 0.317 e. The van der Waals surface area contributed by atoms with Gasteiger partial charge in [0, 0.05) is 24.4 Å². The molecule has 17 heavy (non-hydrogen) atoms. The van der Waals surface area contributed by atoms with E-state index in [1.807, 2.05) is 7.05 Å². The Labute approximate surface area is 106 Å². The SMILES string of the molecule is CCS(=O)(=O)CCN(C)C1CCC(NC)CC1. The molecular formula is C12H26N2O2S. The Kier molecular flexibility index (Phi) is 5.89. The van der Waals surface area contributed by atoms with E-state index in [1.54, 1.807) is 6.92 Å². The summed E-state index contributed by atoms with van der Waals surface area (Å²) in [5.74, 6) is 0.555. The maximum Gasteiger partial charge on any atom is 0.151 e. The summed E-state index contributed by atoms with van der Waals surface area (Å²) in [5.41, 5.74) is 0. The molecule has 0 spiro atoms. The van der Waals surface area contributed by atoms with Gasteiger partial charge < -0.3 is 10.2 Å². The van der Waals surface area contributed by atoms with Crippen LogP contribution in [-0.4, -0.2) is 57.5 Å². The summed E-state index contributed by atoms with van der Waals surface area (Å²) in [4.78, 5) is 2.22. The van der Waals surface area contributed by atoms with Crippen LogP contribution in [0.25, 0.3) is 0 Å². The van der Waals surface area contributed by atoms with E-state index in [9.17, 15) is 8.42 Å². The second kappa shape index (κ2) is 6.71. The van der Waals surface area contributed by atoms with Crippen molar-refractivity contribution >= 4 is 9.84 Å².